The zero-order chi connectivity index (χ0) is 23.5. The Balaban J connectivity index is 1.51. The Kier molecular flexibility index (Phi) is 6.28. The Bertz CT molecular complexity index is 1320. The van der Waals surface area contributed by atoms with E-state index < -0.39 is 0 Å². The number of ether oxygens (including phenoxy) is 1. The quantitative estimate of drug-likeness (QED) is 0.412. The molecule has 0 unspecified atom stereocenters. The van der Waals surface area contributed by atoms with Crippen molar-refractivity contribution in [2.75, 3.05) is 38.3 Å². The van der Waals surface area contributed by atoms with Crippen LogP contribution in [-0.2, 0) is 11.3 Å². The molecule has 5 heteroatoms. The minimum Gasteiger partial charge on any atom is -0.378 e. The molecule has 1 amide bonds. The van der Waals surface area contributed by atoms with Crippen molar-refractivity contribution in [2.24, 2.45) is 0 Å². The predicted molar refractivity (Wildman–Crippen MR) is 137 cm³/mol. The summed E-state index contributed by atoms with van der Waals surface area (Å²) in [6.45, 7) is 5.59. The van der Waals surface area contributed by atoms with Gasteiger partial charge in [0, 0.05) is 32.9 Å². The third-order valence-electron chi connectivity index (χ3n) is 6.52. The van der Waals surface area contributed by atoms with Crippen LogP contribution in [0.5, 0.6) is 0 Å². The lowest BCUT2D eigenvalue weighted by molar-refractivity contribution is 0.0786. The molecule has 34 heavy (non-hydrogen) atoms. The number of aryl methyl sites for hydroxylation is 1. The first-order valence-electron chi connectivity index (χ1n) is 11.7. The van der Waals surface area contributed by atoms with E-state index >= 15 is 0 Å². The highest BCUT2D eigenvalue weighted by Gasteiger charge is 2.22. The molecule has 4 aromatic rings. The molecule has 0 bridgehead atoms. The molecule has 1 aliphatic rings. The lowest BCUT2D eigenvalue weighted by Gasteiger charge is -2.29. The molecule has 1 saturated heterocycles. The minimum atomic E-state index is -0.0350. The van der Waals surface area contributed by atoms with E-state index in [4.69, 9.17) is 9.72 Å². The smallest absolute Gasteiger partial charge is 0.256 e. The number of anilines is 1. The van der Waals surface area contributed by atoms with Gasteiger partial charge < -0.3 is 14.5 Å². The Morgan fingerprint density at radius 2 is 1.71 bits per heavy atom. The molecule has 1 fully saturated rings. The van der Waals surface area contributed by atoms with Crippen LogP contribution < -0.4 is 4.90 Å². The summed E-state index contributed by atoms with van der Waals surface area (Å²) in [5.41, 5.74) is 4.86. The summed E-state index contributed by atoms with van der Waals surface area (Å²) in [5, 5.41) is 2.35. The van der Waals surface area contributed by atoms with Crippen LogP contribution in [0.3, 0.4) is 0 Å². The van der Waals surface area contributed by atoms with Gasteiger partial charge in [-0.1, -0.05) is 66.7 Å². The molecule has 5 nitrogen and oxygen atoms in total. The van der Waals surface area contributed by atoms with Crippen molar-refractivity contribution in [3.63, 3.8) is 0 Å². The molecule has 1 aliphatic heterocycles. The first kappa shape index (κ1) is 22.1. The first-order valence-corrected chi connectivity index (χ1v) is 11.7. The lowest BCUT2D eigenvalue weighted by Crippen LogP contribution is -2.37. The number of hydrogen-bond donors (Lipinski definition) is 0. The molecule has 5 rings (SSSR count). The Hall–Kier alpha value is -3.70. The largest absolute Gasteiger partial charge is 0.378 e. The van der Waals surface area contributed by atoms with Gasteiger partial charge in [0.1, 0.15) is 5.82 Å². The van der Waals surface area contributed by atoms with Crippen molar-refractivity contribution in [1.29, 1.82) is 0 Å². The van der Waals surface area contributed by atoms with Crippen molar-refractivity contribution in [3.05, 3.63) is 95.7 Å². The zero-order valence-electron chi connectivity index (χ0n) is 19.7. The summed E-state index contributed by atoms with van der Waals surface area (Å²) in [4.78, 5) is 22.4. The van der Waals surface area contributed by atoms with Gasteiger partial charge in [-0.2, -0.15) is 0 Å². The van der Waals surface area contributed by atoms with Gasteiger partial charge in [0.05, 0.1) is 18.8 Å². The summed E-state index contributed by atoms with van der Waals surface area (Å²) in [7, 11) is 1.86. The minimum absolute atomic E-state index is 0.0350. The summed E-state index contributed by atoms with van der Waals surface area (Å²) in [5.74, 6) is 0.849. The highest BCUT2D eigenvalue weighted by atomic mass is 16.5. The van der Waals surface area contributed by atoms with Crippen LogP contribution in [0.15, 0.2) is 79.0 Å². The van der Waals surface area contributed by atoms with Gasteiger partial charge in [-0.3, -0.25) is 4.79 Å². The van der Waals surface area contributed by atoms with E-state index in [-0.39, 0.29) is 5.91 Å². The summed E-state index contributed by atoms with van der Waals surface area (Å²) >= 11 is 0. The van der Waals surface area contributed by atoms with Gasteiger partial charge >= 0.3 is 0 Å². The zero-order valence-corrected chi connectivity index (χ0v) is 19.7. The molecular formula is C29H29N3O2. The molecule has 0 atom stereocenters. The maximum atomic E-state index is 13.7. The molecule has 0 saturated carbocycles. The highest BCUT2D eigenvalue weighted by molar-refractivity contribution is 6.01. The maximum absolute atomic E-state index is 13.7. The second-order valence-corrected chi connectivity index (χ2v) is 8.80. The van der Waals surface area contributed by atoms with Gasteiger partial charge in [-0.15, -0.1) is 0 Å². The average molecular weight is 452 g/mol. The number of hydrogen-bond acceptors (Lipinski definition) is 4. The number of carbonyl (C=O) groups excluding carboxylic acids is 1. The third kappa shape index (κ3) is 4.39. The van der Waals surface area contributed by atoms with Gasteiger partial charge in [-0.05, 0) is 46.0 Å². The van der Waals surface area contributed by atoms with Gasteiger partial charge in [-0.25, -0.2) is 4.98 Å². The van der Waals surface area contributed by atoms with E-state index in [2.05, 4.69) is 54.3 Å². The number of benzene rings is 3. The van der Waals surface area contributed by atoms with Crippen molar-refractivity contribution in [1.82, 2.24) is 9.88 Å². The van der Waals surface area contributed by atoms with Crippen molar-refractivity contribution in [2.45, 2.75) is 13.5 Å². The van der Waals surface area contributed by atoms with Crippen molar-refractivity contribution >= 4 is 22.5 Å². The Morgan fingerprint density at radius 3 is 2.53 bits per heavy atom. The number of carbonyl (C=O) groups is 1. The van der Waals surface area contributed by atoms with Crippen LogP contribution in [0.25, 0.3) is 21.9 Å². The van der Waals surface area contributed by atoms with E-state index in [0.717, 1.165) is 41.2 Å². The van der Waals surface area contributed by atoms with E-state index in [9.17, 15) is 4.79 Å². The van der Waals surface area contributed by atoms with Crippen LogP contribution in [0.2, 0.25) is 0 Å². The topological polar surface area (TPSA) is 45.7 Å². The van der Waals surface area contributed by atoms with Crippen LogP contribution in [0.4, 0.5) is 5.82 Å². The molecular weight excluding hydrogens is 422 g/mol. The number of pyridine rings is 1. The van der Waals surface area contributed by atoms with Gasteiger partial charge in [0.15, 0.2) is 0 Å². The fraction of sp³-hybridized carbons (Fsp3) is 0.241. The SMILES string of the molecule is Cc1ccccc1-c1cc(N2CCOCC2)ncc1C(=O)N(C)Cc1cccc2ccccc12. The Labute approximate surface area is 200 Å². The second-order valence-electron chi connectivity index (χ2n) is 8.80. The van der Waals surface area contributed by atoms with Gasteiger partial charge in [0.2, 0.25) is 0 Å². The number of morpholine rings is 1. The Morgan fingerprint density at radius 1 is 0.971 bits per heavy atom. The van der Waals surface area contributed by atoms with Gasteiger partial charge in [0.25, 0.3) is 5.91 Å². The molecule has 3 aromatic carbocycles. The number of nitrogens with zero attached hydrogens (tertiary/aromatic N) is 3. The lowest BCUT2D eigenvalue weighted by atomic mass is 9.96. The first-order chi connectivity index (χ1) is 16.6. The fourth-order valence-corrected chi connectivity index (χ4v) is 4.64. The number of aromatic nitrogens is 1. The fourth-order valence-electron chi connectivity index (χ4n) is 4.64. The van der Waals surface area contributed by atoms with E-state index in [0.29, 0.717) is 25.3 Å². The predicted octanol–water partition coefficient (Wildman–Crippen LogP) is 5.32. The molecule has 0 N–H and O–H groups in total. The average Bonchev–Trinajstić information content (AvgIpc) is 2.89. The van der Waals surface area contributed by atoms with Crippen LogP contribution >= 0.6 is 0 Å². The number of rotatable bonds is 5. The molecule has 0 spiro atoms. The highest BCUT2D eigenvalue weighted by Crippen LogP contribution is 2.31. The molecule has 172 valence electrons. The normalized spacial score (nSPS) is 13.8. The summed E-state index contributed by atoms with van der Waals surface area (Å²) in [6.07, 6.45) is 1.74. The molecule has 1 aromatic heterocycles. The van der Waals surface area contributed by atoms with Crippen LogP contribution in [0, 0.1) is 6.92 Å². The van der Waals surface area contributed by atoms with E-state index in [1.807, 2.05) is 37.4 Å². The number of fused-ring (bicyclic) bond motifs is 1. The van der Waals surface area contributed by atoms with Crippen molar-refractivity contribution < 1.29 is 9.53 Å². The van der Waals surface area contributed by atoms with Crippen molar-refractivity contribution in [3.8, 4) is 11.1 Å². The van der Waals surface area contributed by atoms with E-state index in [1.54, 1.807) is 11.1 Å². The monoisotopic (exact) mass is 451 g/mol. The maximum Gasteiger partial charge on any atom is 0.256 e. The third-order valence-corrected chi connectivity index (χ3v) is 6.52. The standard InChI is InChI=1S/C29H29N3O2/c1-21-8-3-5-12-24(21)26-18-28(32-14-16-34-17-15-32)30-19-27(26)29(33)31(2)20-23-11-7-10-22-9-4-6-13-25(22)23/h3-13,18-19H,14-17,20H2,1-2H3. The van der Waals surface area contributed by atoms with E-state index in [1.165, 1.54) is 10.8 Å². The molecule has 0 aliphatic carbocycles. The molecule has 0 radical (unpaired) electrons. The van der Waals surface area contributed by atoms with Crippen LogP contribution in [0.1, 0.15) is 21.5 Å². The van der Waals surface area contributed by atoms with Crippen LogP contribution in [-0.4, -0.2) is 49.1 Å². The second kappa shape index (κ2) is 9.65. The summed E-state index contributed by atoms with van der Waals surface area (Å²) in [6, 6.07) is 24.8. The molecule has 2 heterocycles. The summed E-state index contributed by atoms with van der Waals surface area (Å²) < 4.78 is 5.51. The number of amides is 1.